The minimum Gasteiger partial charge on any atom is -0.472 e. The van der Waals surface area contributed by atoms with Crippen molar-refractivity contribution in [3.05, 3.63) is 36.4 Å². The smallest absolute Gasteiger partial charge is 0.0995 e. The molecule has 0 N–H and O–H groups in total. The van der Waals surface area contributed by atoms with Gasteiger partial charge in [0.05, 0.1) is 18.2 Å². The van der Waals surface area contributed by atoms with Gasteiger partial charge in [-0.15, -0.1) is 0 Å². The zero-order chi connectivity index (χ0) is 11.1. The normalized spacial score (nSPS) is 21.0. The van der Waals surface area contributed by atoms with E-state index >= 15 is 0 Å². The average Bonchev–Trinajstić information content (AvgIpc) is 2.91. The average molecular weight is 216 g/mol. The zero-order valence-corrected chi connectivity index (χ0v) is 9.68. The van der Waals surface area contributed by atoms with Crippen molar-refractivity contribution in [1.29, 1.82) is 0 Å². The van der Waals surface area contributed by atoms with Crippen LogP contribution in [0.5, 0.6) is 0 Å². The van der Waals surface area contributed by atoms with Gasteiger partial charge in [0.1, 0.15) is 0 Å². The van der Waals surface area contributed by atoms with Crippen LogP contribution in [0.2, 0.25) is 0 Å². The molecule has 2 aromatic rings. The Balaban J connectivity index is 2.08. The SMILES string of the molecule is CC1c2ccc(-c3ccoc3)n2CCN1C. The van der Waals surface area contributed by atoms with Crippen LogP contribution in [0.1, 0.15) is 18.7 Å². The van der Waals surface area contributed by atoms with Gasteiger partial charge in [-0.3, -0.25) is 4.90 Å². The summed E-state index contributed by atoms with van der Waals surface area (Å²) in [5.41, 5.74) is 3.83. The van der Waals surface area contributed by atoms with E-state index < -0.39 is 0 Å². The molecule has 0 fully saturated rings. The van der Waals surface area contributed by atoms with Crippen LogP contribution in [0.3, 0.4) is 0 Å². The van der Waals surface area contributed by atoms with Crippen LogP contribution in [-0.2, 0) is 6.54 Å². The van der Waals surface area contributed by atoms with Crippen molar-refractivity contribution in [3.8, 4) is 11.3 Å². The van der Waals surface area contributed by atoms with E-state index in [-0.39, 0.29) is 0 Å². The maximum Gasteiger partial charge on any atom is 0.0995 e. The Kier molecular flexibility index (Phi) is 2.14. The first kappa shape index (κ1) is 9.73. The van der Waals surface area contributed by atoms with Crippen molar-refractivity contribution in [3.63, 3.8) is 0 Å². The molecule has 3 nitrogen and oxygen atoms in total. The molecule has 1 unspecified atom stereocenters. The monoisotopic (exact) mass is 216 g/mol. The van der Waals surface area contributed by atoms with Crippen LogP contribution in [0.4, 0.5) is 0 Å². The molecule has 1 aliphatic rings. The Bertz CT molecular complexity index is 484. The maximum absolute atomic E-state index is 5.15. The van der Waals surface area contributed by atoms with Crippen LogP contribution in [0, 0.1) is 0 Å². The molecule has 3 rings (SSSR count). The van der Waals surface area contributed by atoms with Crippen LogP contribution in [-0.4, -0.2) is 23.1 Å². The number of likely N-dealkylation sites (N-methyl/N-ethyl adjacent to an activating group) is 1. The molecule has 3 heterocycles. The Morgan fingerprint density at radius 2 is 2.12 bits per heavy atom. The summed E-state index contributed by atoms with van der Waals surface area (Å²) in [5, 5.41) is 0. The number of hydrogen-bond donors (Lipinski definition) is 0. The quantitative estimate of drug-likeness (QED) is 0.731. The molecule has 1 atom stereocenters. The highest BCUT2D eigenvalue weighted by Crippen LogP contribution is 2.30. The minimum atomic E-state index is 0.495. The van der Waals surface area contributed by atoms with Gasteiger partial charge in [0.25, 0.3) is 0 Å². The van der Waals surface area contributed by atoms with E-state index in [2.05, 4.69) is 35.6 Å². The molecule has 0 saturated heterocycles. The fraction of sp³-hybridized carbons (Fsp3) is 0.385. The van der Waals surface area contributed by atoms with Gasteiger partial charge in [0.15, 0.2) is 0 Å². The second-order valence-electron chi connectivity index (χ2n) is 4.46. The van der Waals surface area contributed by atoms with Gasteiger partial charge in [-0.1, -0.05) is 0 Å². The molecule has 1 aliphatic heterocycles. The zero-order valence-electron chi connectivity index (χ0n) is 9.68. The van der Waals surface area contributed by atoms with Crippen LogP contribution in [0.25, 0.3) is 11.3 Å². The standard InChI is InChI=1S/C13H16N2O/c1-10-12-3-4-13(11-5-8-16-9-11)15(12)7-6-14(10)2/h3-5,8-10H,6-7H2,1-2H3. The third-order valence-electron chi connectivity index (χ3n) is 3.60. The Hall–Kier alpha value is -1.48. The van der Waals surface area contributed by atoms with E-state index in [0.717, 1.165) is 13.1 Å². The lowest BCUT2D eigenvalue weighted by Crippen LogP contribution is -2.33. The lowest BCUT2D eigenvalue weighted by Gasteiger charge is -2.32. The van der Waals surface area contributed by atoms with Crippen molar-refractivity contribution in [2.75, 3.05) is 13.6 Å². The van der Waals surface area contributed by atoms with Gasteiger partial charge in [-0.05, 0) is 32.2 Å². The number of hydrogen-bond acceptors (Lipinski definition) is 2. The minimum absolute atomic E-state index is 0.495. The molecule has 3 heteroatoms. The molecule has 16 heavy (non-hydrogen) atoms. The lowest BCUT2D eigenvalue weighted by atomic mass is 10.2. The summed E-state index contributed by atoms with van der Waals surface area (Å²) < 4.78 is 7.55. The molecule has 0 bridgehead atoms. The second kappa shape index (κ2) is 3.52. The topological polar surface area (TPSA) is 21.3 Å². The first-order chi connectivity index (χ1) is 7.77. The van der Waals surface area contributed by atoms with Gasteiger partial charge >= 0.3 is 0 Å². The lowest BCUT2D eigenvalue weighted by molar-refractivity contribution is 0.212. The summed E-state index contributed by atoms with van der Waals surface area (Å²) >= 11 is 0. The predicted octanol–water partition coefficient (Wildman–Crippen LogP) is 2.75. The molecule has 0 saturated carbocycles. The van der Waals surface area contributed by atoms with Crippen LogP contribution in [0.15, 0.2) is 35.1 Å². The molecular weight excluding hydrogens is 200 g/mol. The van der Waals surface area contributed by atoms with Gasteiger partial charge in [-0.2, -0.15) is 0 Å². The molecule has 0 aromatic carbocycles. The molecule has 0 radical (unpaired) electrons. The summed E-state index contributed by atoms with van der Waals surface area (Å²) in [4.78, 5) is 2.38. The third-order valence-corrected chi connectivity index (χ3v) is 3.60. The summed E-state index contributed by atoms with van der Waals surface area (Å²) in [6.45, 7) is 4.42. The van der Waals surface area contributed by atoms with E-state index in [1.165, 1.54) is 17.0 Å². The number of furan rings is 1. The molecule has 84 valence electrons. The van der Waals surface area contributed by atoms with Gasteiger partial charge < -0.3 is 8.98 Å². The highest BCUT2D eigenvalue weighted by Gasteiger charge is 2.23. The summed E-state index contributed by atoms with van der Waals surface area (Å²) in [7, 11) is 2.18. The number of nitrogens with zero attached hydrogens (tertiary/aromatic N) is 2. The third kappa shape index (κ3) is 1.32. The Morgan fingerprint density at radius 1 is 1.25 bits per heavy atom. The maximum atomic E-state index is 5.15. The van der Waals surface area contributed by atoms with Crippen LogP contribution < -0.4 is 0 Å². The van der Waals surface area contributed by atoms with E-state index in [0.29, 0.717) is 6.04 Å². The highest BCUT2D eigenvalue weighted by atomic mass is 16.3. The molecule has 2 aromatic heterocycles. The first-order valence-corrected chi connectivity index (χ1v) is 5.69. The Morgan fingerprint density at radius 3 is 2.88 bits per heavy atom. The fourth-order valence-electron chi connectivity index (χ4n) is 2.44. The molecule has 0 spiro atoms. The second-order valence-corrected chi connectivity index (χ2v) is 4.46. The summed E-state index contributed by atoms with van der Waals surface area (Å²) in [5.74, 6) is 0. The number of rotatable bonds is 1. The van der Waals surface area contributed by atoms with E-state index in [1.807, 2.05) is 12.3 Å². The number of aromatic nitrogens is 1. The molecule has 0 amide bonds. The van der Waals surface area contributed by atoms with Crippen molar-refractivity contribution in [2.24, 2.45) is 0 Å². The van der Waals surface area contributed by atoms with E-state index in [4.69, 9.17) is 4.42 Å². The van der Waals surface area contributed by atoms with Gasteiger partial charge in [0, 0.05) is 30.4 Å². The number of fused-ring (bicyclic) bond motifs is 1. The van der Waals surface area contributed by atoms with Crippen molar-refractivity contribution >= 4 is 0 Å². The summed E-state index contributed by atoms with van der Waals surface area (Å²) in [6, 6.07) is 6.93. The first-order valence-electron chi connectivity index (χ1n) is 5.69. The molecular formula is C13H16N2O. The molecule has 0 aliphatic carbocycles. The largest absolute Gasteiger partial charge is 0.472 e. The van der Waals surface area contributed by atoms with Gasteiger partial charge in [-0.25, -0.2) is 0 Å². The van der Waals surface area contributed by atoms with Crippen LogP contribution >= 0.6 is 0 Å². The van der Waals surface area contributed by atoms with E-state index in [1.54, 1.807) is 6.26 Å². The van der Waals surface area contributed by atoms with Crippen molar-refractivity contribution in [1.82, 2.24) is 9.47 Å². The fourth-order valence-corrected chi connectivity index (χ4v) is 2.44. The van der Waals surface area contributed by atoms with Crippen molar-refractivity contribution < 1.29 is 4.42 Å². The van der Waals surface area contributed by atoms with Gasteiger partial charge in [0.2, 0.25) is 0 Å². The van der Waals surface area contributed by atoms with Crippen molar-refractivity contribution in [2.45, 2.75) is 19.5 Å². The summed E-state index contributed by atoms with van der Waals surface area (Å²) in [6.07, 6.45) is 3.54. The Labute approximate surface area is 95.3 Å². The highest BCUT2D eigenvalue weighted by molar-refractivity contribution is 5.59. The predicted molar refractivity (Wildman–Crippen MR) is 63.2 cm³/mol. The van der Waals surface area contributed by atoms with E-state index in [9.17, 15) is 0 Å².